The maximum Gasteiger partial charge on any atom is 0.144 e. The van der Waals surface area contributed by atoms with E-state index in [1.807, 2.05) is 25.1 Å². The molecule has 1 fully saturated rings. The first-order valence-corrected chi connectivity index (χ1v) is 7.44. The van der Waals surface area contributed by atoms with Crippen LogP contribution in [0.25, 0.3) is 0 Å². The lowest BCUT2D eigenvalue weighted by Gasteiger charge is -2.34. The number of hydrogen-bond donors (Lipinski definition) is 1. The van der Waals surface area contributed by atoms with Gasteiger partial charge in [-0.25, -0.2) is 0 Å². The Bertz CT molecular complexity index is 464. The minimum atomic E-state index is -0.299. The molecule has 0 amide bonds. The van der Waals surface area contributed by atoms with Crippen molar-refractivity contribution in [3.8, 4) is 0 Å². The Kier molecular flexibility index (Phi) is 4.64. The highest BCUT2D eigenvalue weighted by atomic mass is 35.5. The summed E-state index contributed by atoms with van der Waals surface area (Å²) in [5.74, 6) is 0.264. The number of carbonyl (C=O) groups is 1. The molecule has 2 N–H and O–H groups in total. The van der Waals surface area contributed by atoms with E-state index in [0.717, 1.165) is 36.8 Å². The predicted octanol–water partition coefficient (Wildman–Crippen LogP) is 3.67. The second-order valence-electron chi connectivity index (χ2n) is 5.74. The molecule has 0 atom stereocenters. The monoisotopic (exact) mass is 279 g/mol. The molecule has 3 heteroatoms. The Morgan fingerprint density at radius 2 is 2.00 bits per heavy atom. The van der Waals surface area contributed by atoms with Crippen molar-refractivity contribution >= 4 is 17.4 Å². The van der Waals surface area contributed by atoms with Crippen LogP contribution in [0.3, 0.4) is 0 Å². The molecule has 0 spiro atoms. The largest absolute Gasteiger partial charge is 0.329 e. The van der Waals surface area contributed by atoms with Gasteiger partial charge in [0.2, 0.25) is 0 Å². The van der Waals surface area contributed by atoms with Crippen molar-refractivity contribution in [3.05, 3.63) is 34.3 Å². The summed E-state index contributed by atoms with van der Waals surface area (Å²) in [6.07, 6.45) is 5.74. The van der Waals surface area contributed by atoms with E-state index in [4.69, 9.17) is 17.3 Å². The second-order valence-corrected chi connectivity index (χ2v) is 6.15. The third-order valence-electron chi connectivity index (χ3n) is 4.35. The number of benzene rings is 1. The van der Waals surface area contributed by atoms with E-state index in [2.05, 4.69) is 0 Å². The van der Waals surface area contributed by atoms with Gasteiger partial charge in [-0.2, -0.15) is 0 Å². The zero-order valence-electron chi connectivity index (χ0n) is 11.5. The van der Waals surface area contributed by atoms with Gasteiger partial charge in [-0.15, -0.1) is 0 Å². The van der Waals surface area contributed by atoms with Crippen molar-refractivity contribution in [1.29, 1.82) is 0 Å². The summed E-state index contributed by atoms with van der Waals surface area (Å²) in [6, 6.07) is 5.88. The van der Waals surface area contributed by atoms with Gasteiger partial charge >= 0.3 is 0 Å². The van der Waals surface area contributed by atoms with Crippen LogP contribution in [0, 0.1) is 12.3 Å². The minimum absolute atomic E-state index is 0.264. The number of carbonyl (C=O) groups excluding carboxylic acids is 1. The molecule has 2 nitrogen and oxygen atoms in total. The Balaban J connectivity index is 2.15. The quantitative estimate of drug-likeness (QED) is 0.914. The molecular weight excluding hydrogens is 258 g/mol. The Hall–Kier alpha value is -0.860. The fourth-order valence-corrected chi connectivity index (χ4v) is 3.28. The SMILES string of the molecule is Cc1ccc(CC(=O)C2(CN)CCCCC2)c(Cl)c1. The topological polar surface area (TPSA) is 43.1 Å². The zero-order chi connectivity index (χ0) is 13.9. The third-order valence-corrected chi connectivity index (χ3v) is 4.70. The average molecular weight is 280 g/mol. The minimum Gasteiger partial charge on any atom is -0.329 e. The lowest BCUT2D eigenvalue weighted by Crippen LogP contribution is -2.41. The number of ketones is 1. The van der Waals surface area contributed by atoms with Crippen molar-refractivity contribution in [1.82, 2.24) is 0 Å². The highest BCUT2D eigenvalue weighted by Gasteiger charge is 2.37. The molecule has 2 rings (SSSR count). The van der Waals surface area contributed by atoms with E-state index < -0.39 is 0 Å². The van der Waals surface area contributed by atoms with Crippen molar-refractivity contribution in [2.24, 2.45) is 11.1 Å². The Morgan fingerprint density at radius 3 is 2.58 bits per heavy atom. The van der Waals surface area contributed by atoms with E-state index in [0.29, 0.717) is 18.0 Å². The Morgan fingerprint density at radius 1 is 1.32 bits per heavy atom. The first-order chi connectivity index (χ1) is 9.07. The first kappa shape index (κ1) is 14.5. The zero-order valence-corrected chi connectivity index (χ0v) is 12.3. The summed E-state index contributed by atoms with van der Waals surface area (Å²) >= 11 is 6.22. The molecule has 0 aliphatic heterocycles. The fraction of sp³-hybridized carbons (Fsp3) is 0.562. The maximum atomic E-state index is 12.6. The summed E-state index contributed by atoms with van der Waals surface area (Å²) in [5.41, 5.74) is 7.65. The van der Waals surface area contributed by atoms with E-state index in [1.54, 1.807) is 0 Å². The number of Topliss-reactive ketones (excluding diaryl/α,β-unsaturated/α-hetero) is 1. The fourth-order valence-electron chi connectivity index (χ4n) is 2.98. The molecule has 1 aromatic rings. The van der Waals surface area contributed by atoms with Gasteiger partial charge in [0.25, 0.3) is 0 Å². The maximum absolute atomic E-state index is 12.6. The molecule has 1 aliphatic carbocycles. The average Bonchev–Trinajstić information content (AvgIpc) is 2.42. The van der Waals surface area contributed by atoms with Crippen LogP contribution in [-0.2, 0) is 11.2 Å². The van der Waals surface area contributed by atoms with Crippen LogP contribution in [0.1, 0.15) is 43.2 Å². The number of nitrogens with two attached hydrogens (primary N) is 1. The summed E-state index contributed by atoms with van der Waals surface area (Å²) in [5, 5.41) is 0.691. The van der Waals surface area contributed by atoms with E-state index in [9.17, 15) is 4.79 Å². The van der Waals surface area contributed by atoms with Crippen LogP contribution < -0.4 is 5.73 Å². The summed E-state index contributed by atoms with van der Waals surface area (Å²) in [6.45, 7) is 2.47. The van der Waals surface area contributed by atoms with Gasteiger partial charge in [-0.1, -0.05) is 43.0 Å². The van der Waals surface area contributed by atoms with Gasteiger partial charge in [0.1, 0.15) is 5.78 Å². The van der Waals surface area contributed by atoms with E-state index in [1.165, 1.54) is 6.42 Å². The third kappa shape index (κ3) is 3.18. The standard InChI is InChI=1S/C16H22ClNO/c1-12-5-6-13(14(17)9-12)10-15(19)16(11-18)7-3-2-4-8-16/h5-6,9H,2-4,7-8,10-11,18H2,1H3. The van der Waals surface area contributed by atoms with Gasteiger partial charge in [0, 0.05) is 23.4 Å². The van der Waals surface area contributed by atoms with E-state index in [-0.39, 0.29) is 11.2 Å². The Labute approximate surface area is 120 Å². The molecule has 0 radical (unpaired) electrons. The van der Waals surface area contributed by atoms with Gasteiger partial charge < -0.3 is 5.73 Å². The number of halogens is 1. The smallest absolute Gasteiger partial charge is 0.144 e. The molecule has 1 saturated carbocycles. The van der Waals surface area contributed by atoms with Crippen molar-refractivity contribution in [2.75, 3.05) is 6.54 Å². The number of aryl methyl sites for hydroxylation is 1. The molecule has 1 aliphatic rings. The van der Waals surface area contributed by atoms with Crippen LogP contribution in [-0.4, -0.2) is 12.3 Å². The molecule has 0 unspecified atom stereocenters. The molecule has 1 aromatic carbocycles. The van der Waals surface area contributed by atoms with Gasteiger partial charge in [0.15, 0.2) is 0 Å². The molecular formula is C16H22ClNO. The van der Waals surface area contributed by atoms with Crippen molar-refractivity contribution in [2.45, 2.75) is 45.4 Å². The second kappa shape index (κ2) is 6.06. The van der Waals surface area contributed by atoms with Gasteiger partial charge in [-0.3, -0.25) is 4.79 Å². The molecule has 104 valence electrons. The van der Waals surface area contributed by atoms with Crippen LogP contribution in [0.2, 0.25) is 5.02 Å². The van der Waals surface area contributed by atoms with Crippen molar-refractivity contribution < 1.29 is 4.79 Å². The van der Waals surface area contributed by atoms with Crippen LogP contribution in [0.5, 0.6) is 0 Å². The molecule has 0 aromatic heterocycles. The summed E-state index contributed by atoms with van der Waals surface area (Å²) in [7, 11) is 0. The molecule has 19 heavy (non-hydrogen) atoms. The van der Waals surface area contributed by atoms with Crippen molar-refractivity contribution in [3.63, 3.8) is 0 Å². The summed E-state index contributed by atoms with van der Waals surface area (Å²) < 4.78 is 0. The van der Waals surface area contributed by atoms with Crippen LogP contribution >= 0.6 is 11.6 Å². The highest BCUT2D eigenvalue weighted by molar-refractivity contribution is 6.31. The van der Waals surface area contributed by atoms with Gasteiger partial charge in [0.05, 0.1) is 0 Å². The normalized spacial score (nSPS) is 18.3. The summed E-state index contributed by atoms with van der Waals surface area (Å²) in [4.78, 5) is 12.6. The predicted molar refractivity (Wildman–Crippen MR) is 79.5 cm³/mol. The lowest BCUT2D eigenvalue weighted by molar-refractivity contribution is -0.129. The first-order valence-electron chi connectivity index (χ1n) is 7.06. The molecule has 0 bridgehead atoms. The van der Waals surface area contributed by atoms with Crippen LogP contribution in [0.15, 0.2) is 18.2 Å². The number of rotatable bonds is 4. The molecule has 0 heterocycles. The van der Waals surface area contributed by atoms with Crippen LogP contribution in [0.4, 0.5) is 0 Å². The lowest BCUT2D eigenvalue weighted by atomic mass is 9.70. The van der Waals surface area contributed by atoms with Gasteiger partial charge in [-0.05, 0) is 37.0 Å². The number of hydrogen-bond acceptors (Lipinski definition) is 2. The molecule has 0 saturated heterocycles. The van der Waals surface area contributed by atoms with E-state index >= 15 is 0 Å². The highest BCUT2D eigenvalue weighted by Crippen LogP contribution is 2.37.